The molecule has 0 aliphatic heterocycles. The average molecular weight is 479 g/mol. The van der Waals surface area contributed by atoms with Gasteiger partial charge in [-0.1, -0.05) is 133 Å². The van der Waals surface area contributed by atoms with E-state index in [1.54, 1.807) is 0 Å². The lowest BCUT2D eigenvalue weighted by Gasteiger charge is -2.23. The summed E-state index contributed by atoms with van der Waals surface area (Å²) in [4.78, 5) is 0. The maximum Gasteiger partial charge on any atom is 0.171 e. The molecule has 0 heterocycles. The fourth-order valence-corrected chi connectivity index (χ4v) is 8.59. The predicted molar refractivity (Wildman–Crippen MR) is 156 cm³/mol. The minimum Gasteiger partial charge on any atom is -0.309 e. The fourth-order valence-electron chi connectivity index (χ4n) is 5.71. The van der Waals surface area contributed by atoms with Gasteiger partial charge >= 0.3 is 0 Å². The molecule has 0 atom stereocenters. The topological polar surface area (TPSA) is 17.1 Å². The van der Waals surface area contributed by atoms with Crippen LogP contribution in [0.3, 0.4) is 0 Å². The van der Waals surface area contributed by atoms with E-state index in [1.165, 1.54) is 26.9 Å². The number of hydrogen-bond donors (Lipinski definition) is 0. The molecule has 36 heavy (non-hydrogen) atoms. The molecule has 0 fully saturated rings. The molecule has 7 aromatic rings. The van der Waals surface area contributed by atoms with Crippen LogP contribution in [0, 0.1) is 0 Å². The van der Waals surface area contributed by atoms with Crippen LogP contribution in [0.15, 0.2) is 140 Å². The van der Waals surface area contributed by atoms with Gasteiger partial charge in [-0.25, -0.2) is 0 Å². The first-order valence-corrected chi connectivity index (χ1v) is 13.9. The summed E-state index contributed by atoms with van der Waals surface area (Å²) in [7, 11) is -3.16. The van der Waals surface area contributed by atoms with Crippen molar-refractivity contribution in [1.82, 2.24) is 0 Å². The molecule has 0 aromatic heterocycles. The summed E-state index contributed by atoms with van der Waals surface area (Å²) in [5.74, 6) is 0. The van der Waals surface area contributed by atoms with Crippen molar-refractivity contribution >= 4 is 66.1 Å². The summed E-state index contributed by atoms with van der Waals surface area (Å²) in [5, 5.41) is 12.0. The fraction of sp³-hybridized carbons (Fsp3) is 0. The molecule has 2 heteroatoms. The Morgan fingerprint density at radius 1 is 0.361 bits per heavy atom. The van der Waals surface area contributed by atoms with Crippen molar-refractivity contribution in [3.8, 4) is 0 Å². The van der Waals surface area contributed by atoms with E-state index in [0.29, 0.717) is 0 Å². The summed E-state index contributed by atoms with van der Waals surface area (Å²) in [6, 6.07) is 47.8. The summed E-state index contributed by atoms with van der Waals surface area (Å²) in [5.41, 5.74) is 0. The number of rotatable bonds is 3. The maximum atomic E-state index is 15.5. The summed E-state index contributed by atoms with van der Waals surface area (Å²) >= 11 is 0. The Labute approximate surface area is 210 Å². The Balaban J connectivity index is 1.74. The van der Waals surface area contributed by atoms with E-state index < -0.39 is 7.14 Å². The van der Waals surface area contributed by atoms with Gasteiger partial charge in [-0.2, -0.15) is 0 Å². The normalized spacial score (nSPS) is 12.0. The van der Waals surface area contributed by atoms with Gasteiger partial charge in [0.25, 0.3) is 0 Å². The van der Waals surface area contributed by atoms with Crippen LogP contribution >= 0.6 is 7.14 Å². The molecule has 170 valence electrons. The Morgan fingerprint density at radius 3 is 1.25 bits per heavy atom. The first kappa shape index (κ1) is 21.1. The first-order valence-electron chi connectivity index (χ1n) is 12.2. The van der Waals surface area contributed by atoms with Gasteiger partial charge in [0.1, 0.15) is 0 Å². The van der Waals surface area contributed by atoms with Gasteiger partial charge in [-0.05, 0) is 49.2 Å². The molecule has 0 spiro atoms. The molecule has 0 amide bonds. The smallest absolute Gasteiger partial charge is 0.171 e. The largest absolute Gasteiger partial charge is 0.309 e. The van der Waals surface area contributed by atoms with Gasteiger partial charge in [-0.15, -0.1) is 0 Å². The van der Waals surface area contributed by atoms with Gasteiger partial charge in [0.15, 0.2) is 7.14 Å². The van der Waals surface area contributed by atoms with Crippen LogP contribution in [-0.2, 0) is 4.57 Å². The van der Waals surface area contributed by atoms with E-state index >= 15 is 4.57 Å². The van der Waals surface area contributed by atoms with Gasteiger partial charge < -0.3 is 4.57 Å². The molecule has 7 aromatic carbocycles. The highest BCUT2D eigenvalue weighted by Gasteiger charge is 2.32. The third-order valence-corrected chi connectivity index (χ3v) is 10.4. The van der Waals surface area contributed by atoms with E-state index in [9.17, 15) is 0 Å². The number of benzene rings is 7. The SMILES string of the molecule is O=P(c1ccccc1)(c1ccccc1)c1cc2c3ccccc3c3ccccc3c2c2ccccc12. The third kappa shape index (κ3) is 3.00. The molecule has 0 N–H and O–H groups in total. The Morgan fingerprint density at radius 2 is 0.722 bits per heavy atom. The van der Waals surface area contributed by atoms with Crippen LogP contribution in [0.2, 0.25) is 0 Å². The Hall–Kier alpha value is -4.19. The van der Waals surface area contributed by atoms with Crippen molar-refractivity contribution in [1.29, 1.82) is 0 Å². The highest BCUT2D eigenvalue weighted by molar-refractivity contribution is 7.85. The number of fused-ring (bicyclic) bond motifs is 8. The van der Waals surface area contributed by atoms with Gasteiger partial charge in [0.2, 0.25) is 0 Å². The first-order chi connectivity index (χ1) is 17.8. The summed E-state index contributed by atoms with van der Waals surface area (Å²) in [6.07, 6.45) is 0. The minimum atomic E-state index is -3.16. The molecule has 0 bridgehead atoms. The molecule has 0 aliphatic carbocycles. The van der Waals surface area contributed by atoms with Crippen molar-refractivity contribution < 1.29 is 4.57 Å². The van der Waals surface area contributed by atoms with Crippen molar-refractivity contribution in [2.45, 2.75) is 0 Å². The zero-order valence-corrected chi connectivity index (χ0v) is 20.5. The monoisotopic (exact) mass is 478 g/mol. The van der Waals surface area contributed by atoms with Crippen LogP contribution < -0.4 is 15.9 Å². The van der Waals surface area contributed by atoms with E-state index in [4.69, 9.17) is 0 Å². The molecular formula is C34H23OP. The third-order valence-electron chi connectivity index (χ3n) is 7.31. The molecule has 0 saturated heterocycles. The van der Waals surface area contributed by atoms with Crippen molar-refractivity contribution in [3.63, 3.8) is 0 Å². The molecule has 1 nitrogen and oxygen atoms in total. The van der Waals surface area contributed by atoms with Gasteiger partial charge in [0.05, 0.1) is 0 Å². The molecule has 0 aliphatic rings. The van der Waals surface area contributed by atoms with Crippen LogP contribution in [0.4, 0.5) is 0 Å². The lowest BCUT2D eigenvalue weighted by atomic mass is 9.91. The van der Waals surface area contributed by atoms with Gasteiger partial charge in [-0.3, -0.25) is 0 Å². The zero-order valence-electron chi connectivity index (χ0n) is 19.6. The van der Waals surface area contributed by atoms with Crippen molar-refractivity contribution in [2.24, 2.45) is 0 Å². The Kier molecular flexibility index (Phi) is 4.81. The lowest BCUT2D eigenvalue weighted by molar-refractivity contribution is 0.592. The van der Waals surface area contributed by atoms with Crippen LogP contribution in [-0.4, -0.2) is 0 Å². The second-order valence-corrected chi connectivity index (χ2v) is 12.0. The highest BCUT2D eigenvalue weighted by atomic mass is 31.2. The molecule has 0 radical (unpaired) electrons. The van der Waals surface area contributed by atoms with Crippen molar-refractivity contribution in [3.05, 3.63) is 140 Å². The number of hydrogen-bond acceptors (Lipinski definition) is 1. The molecule has 0 saturated carbocycles. The van der Waals surface area contributed by atoms with Gasteiger partial charge in [0, 0.05) is 15.9 Å². The van der Waals surface area contributed by atoms with Crippen LogP contribution in [0.5, 0.6) is 0 Å². The van der Waals surface area contributed by atoms with E-state index in [1.807, 2.05) is 60.7 Å². The molecule has 7 rings (SSSR count). The van der Waals surface area contributed by atoms with E-state index in [-0.39, 0.29) is 0 Å². The lowest BCUT2D eigenvalue weighted by Crippen LogP contribution is -2.25. The maximum absolute atomic E-state index is 15.5. The standard InChI is InChI=1S/C34H23OP/c35-36(24-13-3-1-4-14-24,25-15-5-2-6-16-25)33-23-32-28-19-8-7-17-26(28)27-18-9-11-21-30(27)34(32)31-22-12-10-20-29(31)33/h1-23H. The summed E-state index contributed by atoms with van der Waals surface area (Å²) in [6.45, 7) is 0. The van der Waals surface area contributed by atoms with Crippen molar-refractivity contribution in [2.75, 3.05) is 0 Å². The minimum absolute atomic E-state index is 0.853. The second kappa shape index (κ2) is 8.19. The predicted octanol–water partition coefficient (Wildman–Crippen LogP) is 7.94. The Bertz CT molecular complexity index is 1910. The van der Waals surface area contributed by atoms with Crippen LogP contribution in [0.1, 0.15) is 0 Å². The van der Waals surface area contributed by atoms with E-state index in [0.717, 1.165) is 32.1 Å². The second-order valence-electron chi connectivity index (χ2n) is 9.24. The zero-order chi connectivity index (χ0) is 24.1. The quantitative estimate of drug-likeness (QED) is 0.186. The highest BCUT2D eigenvalue weighted by Crippen LogP contribution is 2.47. The van der Waals surface area contributed by atoms with E-state index in [2.05, 4.69) is 78.9 Å². The summed E-state index contributed by atoms with van der Waals surface area (Å²) < 4.78 is 15.5. The average Bonchev–Trinajstić information content (AvgIpc) is 2.97. The van der Waals surface area contributed by atoms with Crippen LogP contribution in [0.25, 0.3) is 43.1 Å². The molecular weight excluding hydrogens is 455 g/mol. The molecule has 0 unspecified atom stereocenters.